The highest BCUT2D eigenvalue weighted by Crippen LogP contribution is 2.58. The van der Waals surface area contributed by atoms with Gasteiger partial charge in [0.25, 0.3) is 0 Å². The van der Waals surface area contributed by atoms with E-state index in [0.29, 0.717) is 5.95 Å². The molecule has 270 valence electrons. The van der Waals surface area contributed by atoms with Crippen LogP contribution in [0.5, 0.6) is 0 Å². The average molecular weight is 739 g/mol. The second-order valence-electron chi connectivity index (χ2n) is 15.1. The molecule has 1 atom stereocenters. The minimum atomic E-state index is -0.530. The van der Waals surface area contributed by atoms with Crippen LogP contribution < -0.4 is 0 Å². The number of benzene rings is 8. The minimum Gasteiger partial charge on any atom is -0.278 e. The van der Waals surface area contributed by atoms with Crippen molar-refractivity contribution in [2.75, 3.05) is 0 Å². The Morgan fingerprint density at radius 2 is 1.16 bits per heavy atom. The summed E-state index contributed by atoms with van der Waals surface area (Å²) < 4.78 is 2.26. The zero-order chi connectivity index (χ0) is 38.2. The quantitative estimate of drug-likeness (QED) is 0.177. The molecule has 0 bridgehead atoms. The maximum Gasteiger partial charge on any atom is 0.235 e. The Labute approximate surface area is 335 Å². The first-order valence-electron chi connectivity index (χ1n) is 19.8. The van der Waals surface area contributed by atoms with Gasteiger partial charge in [-0.1, -0.05) is 164 Å². The van der Waals surface area contributed by atoms with Crippen LogP contribution in [-0.4, -0.2) is 19.5 Å². The molecule has 11 aromatic rings. The summed E-state index contributed by atoms with van der Waals surface area (Å²) in [6.45, 7) is 0. The lowest BCUT2D eigenvalue weighted by Gasteiger charge is -2.33. The fourth-order valence-electron chi connectivity index (χ4n) is 9.78. The molecule has 0 saturated heterocycles. The third-order valence-electron chi connectivity index (χ3n) is 12.2. The van der Waals surface area contributed by atoms with Crippen molar-refractivity contribution in [1.29, 1.82) is 0 Å². The fourth-order valence-corrected chi connectivity index (χ4v) is 9.78. The highest BCUT2D eigenvalue weighted by atomic mass is 15.2. The van der Waals surface area contributed by atoms with E-state index in [4.69, 9.17) is 9.97 Å². The summed E-state index contributed by atoms with van der Waals surface area (Å²) in [5, 5.41) is 5.78. The van der Waals surface area contributed by atoms with Crippen molar-refractivity contribution in [3.05, 3.63) is 229 Å². The molecule has 0 fully saturated rings. The van der Waals surface area contributed by atoms with Gasteiger partial charge in [0.05, 0.1) is 27.7 Å². The van der Waals surface area contributed by atoms with Crippen molar-refractivity contribution in [3.8, 4) is 39.5 Å². The summed E-state index contributed by atoms with van der Waals surface area (Å²) in [6.07, 6.45) is 3.90. The van der Waals surface area contributed by atoms with Crippen molar-refractivity contribution < 1.29 is 0 Å². The molecular weight excluding hydrogens is 705 g/mol. The summed E-state index contributed by atoms with van der Waals surface area (Å²) in [5.74, 6) is 0.652. The van der Waals surface area contributed by atoms with Crippen LogP contribution in [0.15, 0.2) is 207 Å². The van der Waals surface area contributed by atoms with E-state index in [1.54, 1.807) is 0 Å². The summed E-state index contributed by atoms with van der Waals surface area (Å²) in [5.41, 5.74) is 14.2. The van der Waals surface area contributed by atoms with E-state index >= 15 is 0 Å². The summed E-state index contributed by atoms with van der Waals surface area (Å²) >= 11 is 0. The average Bonchev–Trinajstić information content (AvgIpc) is 3.80. The van der Waals surface area contributed by atoms with Gasteiger partial charge in [0.15, 0.2) is 0 Å². The molecule has 1 aliphatic rings. The van der Waals surface area contributed by atoms with Crippen LogP contribution in [0.2, 0.25) is 0 Å². The SMILES string of the molecule is c1ccc(-c2nc(-n3c4ccc(-c5cccc6c5-c5ccccc5C6(c5ccccc5)c5cccnc5)cc4c4c5ccccc5ccc43)nc3ccccc23)cc1. The smallest absolute Gasteiger partial charge is 0.235 e. The van der Waals surface area contributed by atoms with Gasteiger partial charge in [-0.05, 0) is 85.6 Å². The summed E-state index contributed by atoms with van der Waals surface area (Å²) in [6, 6.07) is 69.8. The number of nitrogens with zero attached hydrogens (tertiary/aromatic N) is 4. The zero-order valence-corrected chi connectivity index (χ0v) is 31.4. The van der Waals surface area contributed by atoms with Gasteiger partial charge >= 0.3 is 0 Å². The van der Waals surface area contributed by atoms with E-state index in [0.717, 1.165) is 49.7 Å². The van der Waals surface area contributed by atoms with Gasteiger partial charge in [0, 0.05) is 34.1 Å². The molecule has 0 amide bonds. The molecule has 0 spiro atoms. The van der Waals surface area contributed by atoms with Crippen LogP contribution in [0.25, 0.3) is 82.9 Å². The van der Waals surface area contributed by atoms with E-state index in [-0.39, 0.29) is 0 Å². The fraction of sp³-hybridized carbons (Fsp3) is 0.0185. The Balaban J connectivity index is 1.15. The lowest BCUT2D eigenvalue weighted by molar-refractivity contribution is 0.763. The topological polar surface area (TPSA) is 43.6 Å². The summed E-state index contributed by atoms with van der Waals surface area (Å²) in [4.78, 5) is 15.3. The number of pyridine rings is 1. The van der Waals surface area contributed by atoms with Crippen LogP contribution in [0.4, 0.5) is 0 Å². The second kappa shape index (κ2) is 12.7. The second-order valence-corrected chi connectivity index (χ2v) is 15.1. The van der Waals surface area contributed by atoms with Gasteiger partial charge < -0.3 is 0 Å². The molecule has 3 heterocycles. The molecule has 0 aliphatic heterocycles. The molecule has 0 N–H and O–H groups in total. The van der Waals surface area contributed by atoms with Crippen LogP contribution in [-0.2, 0) is 5.41 Å². The maximum absolute atomic E-state index is 5.37. The third kappa shape index (κ3) is 4.60. The Bertz CT molecular complexity index is 3350. The lowest BCUT2D eigenvalue weighted by atomic mass is 9.68. The molecule has 0 saturated carbocycles. The molecule has 1 aliphatic carbocycles. The predicted octanol–water partition coefficient (Wildman–Crippen LogP) is 13.0. The van der Waals surface area contributed by atoms with Crippen molar-refractivity contribution in [1.82, 2.24) is 19.5 Å². The van der Waals surface area contributed by atoms with E-state index in [2.05, 4.69) is 198 Å². The van der Waals surface area contributed by atoms with Gasteiger partial charge in [-0.15, -0.1) is 0 Å². The van der Waals surface area contributed by atoms with E-state index in [1.807, 2.05) is 18.5 Å². The molecule has 58 heavy (non-hydrogen) atoms. The molecule has 8 aromatic carbocycles. The molecule has 4 nitrogen and oxygen atoms in total. The molecule has 0 radical (unpaired) electrons. The number of hydrogen-bond acceptors (Lipinski definition) is 3. The first-order chi connectivity index (χ1) is 28.8. The molecule has 12 rings (SSSR count). The first kappa shape index (κ1) is 32.5. The number of hydrogen-bond donors (Lipinski definition) is 0. The van der Waals surface area contributed by atoms with E-state index in [1.165, 1.54) is 49.5 Å². The van der Waals surface area contributed by atoms with Crippen molar-refractivity contribution >= 4 is 43.5 Å². The van der Waals surface area contributed by atoms with Crippen LogP contribution in [0.3, 0.4) is 0 Å². The van der Waals surface area contributed by atoms with Gasteiger partial charge in [0.2, 0.25) is 5.95 Å². The maximum atomic E-state index is 5.37. The van der Waals surface area contributed by atoms with Crippen LogP contribution >= 0.6 is 0 Å². The standard InChI is InChI=1S/C54H34N4/c1-3-16-36(17-4-1)52-43-23-10-12-27-47(43)56-53(57-52)58-48-30-29-37(33-44(48)51-40-21-8-7-15-35(40)28-31-49(51)58)41-24-13-26-46-50(41)42-22-9-11-25-45(42)54(46,38-18-5-2-6-19-38)39-20-14-32-55-34-39/h1-34H. The number of fused-ring (bicyclic) bond motifs is 9. The van der Waals surface area contributed by atoms with Gasteiger partial charge in [-0.2, -0.15) is 0 Å². The lowest BCUT2D eigenvalue weighted by Crippen LogP contribution is -2.28. The van der Waals surface area contributed by atoms with Crippen LogP contribution in [0.1, 0.15) is 22.3 Å². The normalized spacial score (nSPS) is 14.6. The van der Waals surface area contributed by atoms with E-state index < -0.39 is 5.41 Å². The number of rotatable bonds is 5. The Hall–Kier alpha value is -7.69. The number of para-hydroxylation sites is 1. The molecule has 3 aromatic heterocycles. The Kier molecular flexibility index (Phi) is 7.11. The summed E-state index contributed by atoms with van der Waals surface area (Å²) in [7, 11) is 0. The minimum absolute atomic E-state index is 0.530. The zero-order valence-electron chi connectivity index (χ0n) is 31.4. The third-order valence-corrected chi connectivity index (χ3v) is 12.2. The number of aromatic nitrogens is 4. The largest absolute Gasteiger partial charge is 0.278 e. The highest BCUT2D eigenvalue weighted by molar-refractivity contribution is 6.22. The Morgan fingerprint density at radius 1 is 0.448 bits per heavy atom. The predicted molar refractivity (Wildman–Crippen MR) is 237 cm³/mol. The van der Waals surface area contributed by atoms with Crippen molar-refractivity contribution in [2.24, 2.45) is 0 Å². The monoisotopic (exact) mass is 738 g/mol. The highest BCUT2D eigenvalue weighted by Gasteiger charge is 2.47. The van der Waals surface area contributed by atoms with Crippen LogP contribution in [0, 0.1) is 0 Å². The van der Waals surface area contributed by atoms with Crippen molar-refractivity contribution in [3.63, 3.8) is 0 Å². The van der Waals surface area contributed by atoms with E-state index in [9.17, 15) is 0 Å². The van der Waals surface area contributed by atoms with Gasteiger partial charge in [-0.3, -0.25) is 9.55 Å². The first-order valence-corrected chi connectivity index (χ1v) is 19.8. The Morgan fingerprint density at radius 3 is 2.02 bits per heavy atom. The van der Waals surface area contributed by atoms with Gasteiger partial charge in [0.1, 0.15) is 0 Å². The molecule has 1 unspecified atom stereocenters. The molecular formula is C54H34N4. The van der Waals surface area contributed by atoms with Crippen molar-refractivity contribution in [2.45, 2.75) is 5.41 Å². The van der Waals surface area contributed by atoms with Gasteiger partial charge in [-0.25, -0.2) is 9.97 Å². The molecule has 4 heteroatoms.